The standard InChI is InChI=1S/C29H28ClN3O4/c1-20-10-12-24(13-11-20)33-27(34)19-37-28-25(30)16-22(17-26(28)36-2)15-23(18-31)29(35)32-14-6-9-21-7-4-3-5-8-21/h3-5,7-8,10-13,15-17H,6,9,14,19H2,1-2H3,(H,32,35)(H,33,34)/b23-15-. The van der Waals surface area contributed by atoms with E-state index in [9.17, 15) is 14.9 Å². The Hall–Kier alpha value is -4.28. The summed E-state index contributed by atoms with van der Waals surface area (Å²) in [6.07, 6.45) is 3.00. The molecule has 0 aliphatic heterocycles. The van der Waals surface area contributed by atoms with Gasteiger partial charge in [-0.3, -0.25) is 9.59 Å². The third-order valence-electron chi connectivity index (χ3n) is 5.38. The molecule has 0 radical (unpaired) electrons. The van der Waals surface area contributed by atoms with Crippen molar-refractivity contribution in [1.82, 2.24) is 5.32 Å². The van der Waals surface area contributed by atoms with Gasteiger partial charge in [-0.15, -0.1) is 0 Å². The molecular formula is C29H28ClN3O4. The quantitative estimate of drug-likeness (QED) is 0.203. The topological polar surface area (TPSA) is 100 Å². The smallest absolute Gasteiger partial charge is 0.262 e. The molecule has 3 aromatic rings. The summed E-state index contributed by atoms with van der Waals surface area (Å²) < 4.78 is 11.0. The van der Waals surface area contributed by atoms with Crippen LogP contribution in [0, 0.1) is 18.3 Å². The summed E-state index contributed by atoms with van der Waals surface area (Å²) in [6.45, 7) is 2.11. The zero-order valence-electron chi connectivity index (χ0n) is 20.7. The van der Waals surface area contributed by atoms with E-state index in [1.165, 1.54) is 24.8 Å². The SMILES string of the molecule is COc1cc(/C=C(/C#N)C(=O)NCCCc2ccccc2)cc(Cl)c1OCC(=O)Nc1ccc(C)cc1. The van der Waals surface area contributed by atoms with Crippen LogP contribution in [0.1, 0.15) is 23.1 Å². The molecular weight excluding hydrogens is 490 g/mol. The maximum atomic E-state index is 12.5. The molecule has 2 amide bonds. The fourth-order valence-electron chi connectivity index (χ4n) is 3.48. The van der Waals surface area contributed by atoms with Crippen molar-refractivity contribution in [3.63, 3.8) is 0 Å². The van der Waals surface area contributed by atoms with Gasteiger partial charge >= 0.3 is 0 Å². The Morgan fingerprint density at radius 3 is 2.49 bits per heavy atom. The molecule has 2 N–H and O–H groups in total. The van der Waals surface area contributed by atoms with Gasteiger partial charge in [-0.1, -0.05) is 59.6 Å². The summed E-state index contributed by atoms with van der Waals surface area (Å²) in [6, 6.07) is 22.4. The maximum Gasteiger partial charge on any atom is 0.262 e. The van der Waals surface area contributed by atoms with E-state index in [1.807, 2.05) is 55.5 Å². The summed E-state index contributed by atoms with van der Waals surface area (Å²) >= 11 is 6.39. The normalized spacial score (nSPS) is 10.8. The monoisotopic (exact) mass is 517 g/mol. The molecule has 0 aromatic heterocycles. The highest BCUT2D eigenvalue weighted by Crippen LogP contribution is 2.37. The zero-order chi connectivity index (χ0) is 26.6. The molecule has 0 unspecified atom stereocenters. The van der Waals surface area contributed by atoms with Crippen molar-refractivity contribution in [2.75, 3.05) is 25.6 Å². The maximum absolute atomic E-state index is 12.5. The second-order valence-corrected chi connectivity index (χ2v) is 8.66. The average molecular weight is 518 g/mol. The summed E-state index contributed by atoms with van der Waals surface area (Å²) in [4.78, 5) is 24.8. The number of ether oxygens (including phenoxy) is 2. The minimum Gasteiger partial charge on any atom is -0.493 e. The number of aryl methyl sites for hydroxylation is 2. The minimum atomic E-state index is -0.473. The Bertz CT molecular complexity index is 1300. The van der Waals surface area contributed by atoms with Crippen molar-refractivity contribution in [3.05, 3.63) is 94.0 Å². The lowest BCUT2D eigenvalue weighted by atomic mass is 10.1. The van der Waals surface area contributed by atoms with Gasteiger partial charge < -0.3 is 20.1 Å². The van der Waals surface area contributed by atoms with Crippen LogP contribution in [0.3, 0.4) is 0 Å². The fraction of sp³-hybridized carbons (Fsp3) is 0.207. The van der Waals surface area contributed by atoms with E-state index in [0.717, 1.165) is 18.4 Å². The van der Waals surface area contributed by atoms with E-state index in [1.54, 1.807) is 18.2 Å². The molecule has 37 heavy (non-hydrogen) atoms. The van der Waals surface area contributed by atoms with Crippen LogP contribution in [0.15, 0.2) is 72.3 Å². The van der Waals surface area contributed by atoms with Crippen molar-refractivity contribution in [3.8, 4) is 17.6 Å². The molecule has 190 valence electrons. The van der Waals surface area contributed by atoms with Crippen LogP contribution < -0.4 is 20.1 Å². The van der Waals surface area contributed by atoms with Gasteiger partial charge in [-0.2, -0.15) is 5.26 Å². The number of nitriles is 1. The number of anilines is 1. The van der Waals surface area contributed by atoms with Crippen LogP contribution in [0.2, 0.25) is 5.02 Å². The number of nitrogens with zero attached hydrogens (tertiary/aromatic N) is 1. The lowest BCUT2D eigenvalue weighted by molar-refractivity contribution is -0.118. The zero-order valence-corrected chi connectivity index (χ0v) is 21.5. The second kappa shape index (κ2) is 13.7. The van der Waals surface area contributed by atoms with Gasteiger partial charge in [0, 0.05) is 12.2 Å². The molecule has 0 heterocycles. The number of benzene rings is 3. The van der Waals surface area contributed by atoms with Gasteiger partial charge in [0.05, 0.1) is 12.1 Å². The summed E-state index contributed by atoms with van der Waals surface area (Å²) in [5, 5.41) is 15.2. The number of rotatable bonds is 11. The van der Waals surface area contributed by atoms with Gasteiger partial charge in [0.2, 0.25) is 0 Å². The van der Waals surface area contributed by atoms with E-state index in [4.69, 9.17) is 21.1 Å². The third kappa shape index (κ3) is 8.41. The Morgan fingerprint density at radius 1 is 1.08 bits per heavy atom. The summed E-state index contributed by atoms with van der Waals surface area (Å²) in [7, 11) is 1.43. The summed E-state index contributed by atoms with van der Waals surface area (Å²) in [5.41, 5.74) is 3.34. The van der Waals surface area contributed by atoms with Gasteiger partial charge in [-0.25, -0.2) is 0 Å². The predicted molar refractivity (Wildman–Crippen MR) is 145 cm³/mol. The highest BCUT2D eigenvalue weighted by Gasteiger charge is 2.15. The highest BCUT2D eigenvalue weighted by atomic mass is 35.5. The van der Waals surface area contributed by atoms with Crippen LogP contribution in [-0.4, -0.2) is 32.1 Å². The van der Waals surface area contributed by atoms with Crippen LogP contribution in [0.25, 0.3) is 6.08 Å². The van der Waals surface area contributed by atoms with E-state index in [2.05, 4.69) is 10.6 Å². The minimum absolute atomic E-state index is 0.0658. The molecule has 8 heteroatoms. The molecule has 3 rings (SSSR count). The first-order valence-electron chi connectivity index (χ1n) is 11.7. The molecule has 0 aliphatic carbocycles. The van der Waals surface area contributed by atoms with Crippen molar-refractivity contribution >= 4 is 35.2 Å². The predicted octanol–water partition coefficient (Wildman–Crippen LogP) is 5.33. The molecule has 3 aromatic carbocycles. The van der Waals surface area contributed by atoms with Crippen LogP contribution in [0.4, 0.5) is 5.69 Å². The molecule has 0 atom stereocenters. The van der Waals surface area contributed by atoms with Gasteiger partial charge in [0.15, 0.2) is 18.1 Å². The number of methoxy groups -OCH3 is 1. The fourth-order valence-corrected chi connectivity index (χ4v) is 3.76. The highest BCUT2D eigenvalue weighted by molar-refractivity contribution is 6.32. The molecule has 0 aliphatic rings. The largest absolute Gasteiger partial charge is 0.493 e. The Kier molecular flexibility index (Phi) is 10.1. The van der Waals surface area contributed by atoms with E-state index in [0.29, 0.717) is 17.8 Å². The molecule has 0 saturated carbocycles. The third-order valence-corrected chi connectivity index (χ3v) is 5.66. The van der Waals surface area contributed by atoms with E-state index >= 15 is 0 Å². The lowest BCUT2D eigenvalue weighted by Crippen LogP contribution is -2.25. The number of carbonyl (C=O) groups is 2. The van der Waals surface area contributed by atoms with Gasteiger partial charge in [0.1, 0.15) is 11.6 Å². The van der Waals surface area contributed by atoms with Crippen LogP contribution in [0.5, 0.6) is 11.5 Å². The molecule has 0 saturated heterocycles. The van der Waals surface area contributed by atoms with Gasteiger partial charge in [-0.05, 0) is 61.2 Å². The van der Waals surface area contributed by atoms with Gasteiger partial charge in [0.25, 0.3) is 11.8 Å². The van der Waals surface area contributed by atoms with E-state index in [-0.39, 0.29) is 34.6 Å². The lowest BCUT2D eigenvalue weighted by Gasteiger charge is -2.13. The first-order valence-corrected chi connectivity index (χ1v) is 12.1. The first kappa shape index (κ1) is 27.3. The number of amides is 2. The Morgan fingerprint density at radius 2 is 1.81 bits per heavy atom. The van der Waals surface area contributed by atoms with Crippen LogP contribution in [-0.2, 0) is 16.0 Å². The number of hydrogen-bond donors (Lipinski definition) is 2. The Labute approximate surface area is 221 Å². The van der Waals surface area contributed by atoms with Crippen molar-refractivity contribution < 1.29 is 19.1 Å². The van der Waals surface area contributed by atoms with Crippen molar-refractivity contribution in [2.45, 2.75) is 19.8 Å². The second-order valence-electron chi connectivity index (χ2n) is 8.25. The first-order chi connectivity index (χ1) is 17.9. The number of halogens is 1. The molecule has 0 bridgehead atoms. The number of hydrogen-bond acceptors (Lipinski definition) is 5. The van der Waals surface area contributed by atoms with Crippen molar-refractivity contribution in [2.24, 2.45) is 0 Å². The van der Waals surface area contributed by atoms with Crippen molar-refractivity contribution in [1.29, 1.82) is 5.26 Å². The van der Waals surface area contributed by atoms with Crippen LogP contribution >= 0.6 is 11.6 Å². The summed E-state index contributed by atoms with van der Waals surface area (Å²) in [5.74, 6) is -0.382. The molecule has 0 fully saturated rings. The Balaban J connectivity index is 1.61. The van der Waals surface area contributed by atoms with E-state index < -0.39 is 5.91 Å². The molecule has 0 spiro atoms. The number of carbonyl (C=O) groups excluding carboxylic acids is 2. The number of nitrogens with one attached hydrogen (secondary N) is 2. The average Bonchev–Trinajstić information content (AvgIpc) is 2.90. The molecule has 7 nitrogen and oxygen atoms in total.